The Morgan fingerprint density at radius 2 is 1.00 bits per heavy atom. The molecule has 0 amide bonds. The van der Waals surface area contributed by atoms with E-state index in [1.165, 1.54) is 0 Å². The van der Waals surface area contributed by atoms with Gasteiger partial charge in [-0.1, -0.05) is 47.5 Å². The summed E-state index contributed by atoms with van der Waals surface area (Å²) in [5.74, 6) is 0.141. The summed E-state index contributed by atoms with van der Waals surface area (Å²) in [6.07, 6.45) is 0. The predicted molar refractivity (Wildman–Crippen MR) is 126 cm³/mol. The lowest BCUT2D eigenvalue weighted by atomic mass is 9.93. The van der Waals surface area contributed by atoms with Crippen LogP contribution >= 0.6 is 23.2 Å². The Hall–Kier alpha value is -1.16. The van der Waals surface area contributed by atoms with E-state index in [1.807, 2.05) is 36.4 Å². The summed E-state index contributed by atoms with van der Waals surface area (Å²) in [4.78, 5) is 4.23. The average Bonchev–Trinajstić information content (AvgIpc) is 3.19. The molecule has 0 aliphatic carbocycles. The molecule has 10 heteroatoms. The summed E-state index contributed by atoms with van der Waals surface area (Å²) in [7, 11) is -6.48. The summed E-state index contributed by atoms with van der Waals surface area (Å²) in [6, 6.07) is 13.8. The number of piperazine rings is 1. The molecule has 172 valence electrons. The Labute approximate surface area is 198 Å². The number of benzene rings is 2. The van der Waals surface area contributed by atoms with Crippen LogP contribution < -0.4 is 0 Å². The molecule has 5 rings (SSSR count). The molecule has 3 saturated heterocycles. The number of hydrogen-bond donors (Lipinski definition) is 0. The van der Waals surface area contributed by atoms with Crippen LogP contribution in [0.2, 0.25) is 10.0 Å². The van der Waals surface area contributed by atoms with E-state index < -0.39 is 19.7 Å². The smallest absolute Gasteiger partial charge is 0.153 e. The van der Waals surface area contributed by atoms with Gasteiger partial charge in [0.1, 0.15) is 0 Å². The van der Waals surface area contributed by atoms with Gasteiger partial charge >= 0.3 is 0 Å². The monoisotopic (exact) mass is 514 g/mol. The van der Waals surface area contributed by atoms with Gasteiger partial charge in [0.05, 0.1) is 23.0 Å². The zero-order chi connectivity index (χ0) is 22.7. The Bertz CT molecular complexity index is 1120. The van der Waals surface area contributed by atoms with Crippen molar-refractivity contribution in [3.63, 3.8) is 0 Å². The van der Waals surface area contributed by atoms with Crippen LogP contribution in [0.3, 0.4) is 0 Å². The summed E-state index contributed by atoms with van der Waals surface area (Å²) < 4.78 is 50.9. The van der Waals surface area contributed by atoms with Crippen LogP contribution in [0.5, 0.6) is 0 Å². The molecule has 3 heterocycles. The SMILES string of the molecule is O=S1(=O)C[C@@H]2[C@@H](C1)N(Cc1cccc(Cl)c1)[C@H]1CS(=O)(=O)C[C@H]1N2Cc1cccc(Cl)c1. The lowest BCUT2D eigenvalue weighted by molar-refractivity contribution is -0.0341. The highest BCUT2D eigenvalue weighted by atomic mass is 35.5. The van der Waals surface area contributed by atoms with Crippen molar-refractivity contribution in [3.8, 4) is 0 Å². The summed E-state index contributed by atoms with van der Waals surface area (Å²) >= 11 is 12.3. The molecule has 0 saturated carbocycles. The second kappa shape index (κ2) is 8.25. The highest BCUT2D eigenvalue weighted by Crippen LogP contribution is 2.39. The largest absolute Gasteiger partial charge is 0.288 e. The highest BCUT2D eigenvalue weighted by molar-refractivity contribution is 7.92. The van der Waals surface area contributed by atoms with Crippen LogP contribution in [0.1, 0.15) is 11.1 Å². The van der Waals surface area contributed by atoms with Crippen LogP contribution in [0.15, 0.2) is 48.5 Å². The van der Waals surface area contributed by atoms with E-state index in [2.05, 4.69) is 9.80 Å². The topological polar surface area (TPSA) is 74.8 Å². The maximum atomic E-state index is 12.7. The lowest BCUT2D eigenvalue weighted by Gasteiger charge is -2.51. The minimum absolute atomic E-state index is 0.0353. The fraction of sp³-hybridized carbons (Fsp3) is 0.455. The van der Waals surface area contributed by atoms with Gasteiger partial charge in [0.25, 0.3) is 0 Å². The molecule has 2 aromatic carbocycles. The van der Waals surface area contributed by atoms with Gasteiger partial charge in [0.15, 0.2) is 19.7 Å². The van der Waals surface area contributed by atoms with Crippen LogP contribution in [0.4, 0.5) is 0 Å². The lowest BCUT2D eigenvalue weighted by Crippen LogP contribution is -2.67. The Morgan fingerprint density at radius 3 is 1.31 bits per heavy atom. The van der Waals surface area contributed by atoms with E-state index in [9.17, 15) is 16.8 Å². The van der Waals surface area contributed by atoms with Crippen molar-refractivity contribution in [2.24, 2.45) is 0 Å². The molecule has 4 atom stereocenters. The molecule has 3 aliphatic heterocycles. The van der Waals surface area contributed by atoms with Gasteiger partial charge in [-0.3, -0.25) is 9.80 Å². The minimum Gasteiger partial charge on any atom is -0.288 e. The molecule has 0 aromatic heterocycles. The predicted octanol–water partition coefficient (Wildman–Crippen LogP) is 2.64. The molecule has 3 aliphatic rings. The standard InChI is InChI=1S/C22H24Cl2N2O4S2/c23-17-5-1-3-15(7-17)9-25-19-11-31(27,28)13-21(19)26(10-16-4-2-6-18(24)8-16)22-14-32(29,30)12-20(22)25/h1-8,19-22H,9-14H2/t19-,20-,21-,22+/m1/s1. The maximum Gasteiger partial charge on any atom is 0.153 e. The second-order valence-electron chi connectivity index (χ2n) is 9.03. The van der Waals surface area contributed by atoms with Crippen molar-refractivity contribution in [3.05, 3.63) is 69.7 Å². The van der Waals surface area contributed by atoms with Gasteiger partial charge in [-0.25, -0.2) is 16.8 Å². The zero-order valence-corrected chi connectivity index (χ0v) is 20.4. The third-order valence-corrected chi connectivity index (χ3v) is 10.7. The normalized spacial score (nSPS) is 31.3. The number of rotatable bonds is 4. The second-order valence-corrected chi connectivity index (χ2v) is 14.2. The summed E-state index contributed by atoms with van der Waals surface area (Å²) in [5.41, 5.74) is 1.90. The van der Waals surface area contributed by atoms with Crippen LogP contribution in [0.25, 0.3) is 0 Å². The van der Waals surface area contributed by atoms with E-state index in [0.717, 1.165) is 11.1 Å². The van der Waals surface area contributed by atoms with Gasteiger partial charge in [-0.2, -0.15) is 0 Å². The molecule has 6 nitrogen and oxygen atoms in total. The van der Waals surface area contributed by atoms with Crippen molar-refractivity contribution in [2.45, 2.75) is 37.3 Å². The molecule has 3 fully saturated rings. The van der Waals surface area contributed by atoms with Crippen LogP contribution in [0, 0.1) is 0 Å². The van der Waals surface area contributed by atoms with E-state index in [4.69, 9.17) is 23.2 Å². The first kappa shape index (κ1) is 22.6. The summed E-state index contributed by atoms with van der Waals surface area (Å²) in [5, 5.41) is 1.21. The quantitative estimate of drug-likeness (QED) is 0.624. The van der Waals surface area contributed by atoms with E-state index >= 15 is 0 Å². The van der Waals surface area contributed by atoms with E-state index in [0.29, 0.717) is 23.1 Å². The molecule has 0 N–H and O–H groups in total. The van der Waals surface area contributed by atoms with Gasteiger partial charge in [0, 0.05) is 47.3 Å². The van der Waals surface area contributed by atoms with E-state index in [-0.39, 0.29) is 47.2 Å². The van der Waals surface area contributed by atoms with Crippen LogP contribution in [-0.4, -0.2) is 73.8 Å². The van der Waals surface area contributed by atoms with Crippen molar-refractivity contribution in [2.75, 3.05) is 23.0 Å². The van der Waals surface area contributed by atoms with Gasteiger partial charge < -0.3 is 0 Å². The number of nitrogens with zero attached hydrogens (tertiary/aromatic N) is 2. The molecule has 32 heavy (non-hydrogen) atoms. The third kappa shape index (κ3) is 4.45. The van der Waals surface area contributed by atoms with Gasteiger partial charge in [0.2, 0.25) is 0 Å². The van der Waals surface area contributed by atoms with Crippen molar-refractivity contribution in [1.82, 2.24) is 9.80 Å². The van der Waals surface area contributed by atoms with Crippen LogP contribution in [-0.2, 0) is 32.8 Å². The first-order chi connectivity index (χ1) is 15.1. The Morgan fingerprint density at radius 1 is 0.656 bits per heavy atom. The Kier molecular flexibility index (Phi) is 5.83. The molecule has 0 spiro atoms. The van der Waals surface area contributed by atoms with Crippen molar-refractivity contribution >= 4 is 42.9 Å². The molecule has 0 bridgehead atoms. The maximum absolute atomic E-state index is 12.7. The minimum atomic E-state index is -3.24. The summed E-state index contributed by atoms with van der Waals surface area (Å²) in [6.45, 7) is 0.942. The van der Waals surface area contributed by atoms with E-state index in [1.54, 1.807) is 12.1 Å². The number of hydrogen-bond acceptors (Lipinski definition) is 6. The van der Waals surface area contributed by atoms with Gasteiger partial charge in [-0.05, 0) is 35.4 Å². The number of halogens is 2. The average molecular weight is 515 g/mol. The molecule has 0 unspecified atom stereocenters. The first-order valence-corrected chi connectivity index (χ1v) is 14.9. The first-order valence-electron chi connectivity index (χ1n) is 10.5. The van der Waals surface area contributed by atoms with Gasteiger partial charge in [-0.15, -0.1) is 0 Å². The highest BCUT2D eigenvalue weighted by Gasteiger charge is 2.57. The Balaban J connectivity index is 1.54. The molecular formula is C22H24Cl2N2O4S2. The molecule has 0 radical (unpaired) electrons. The number of fused-ring (bicyclic) bond motifs is 2. The molecule has 2 aromatic rings. The third-order valence-electron chi connectivity index (χ3n) is 6.80. The molecular weight excluding hydrogens is 491 g/mol. The zero-order valence-electron chi connectivity index (χ0n) is 17.3. The number of sulfone groups is 2. The van der Waals surface area contributed by atoms with Crippen molar-refractivity contribution in [1.29, 1.82) is 0 Å². The fourth-order valence-electron chi connectivity index (χ4n) is 5.54. The fourth-order valence-corrected chi connectivity index (χ4v) is 9.98. The van der Waals surface area contributed by atoms with Crippen molar-refractivity contribution < 1.29 is 16.8 Å².